The molecular weight excluding hydrogens is 392 g/mol. The Morgan fingerprint density at radius 3 is 2.35 bits per heavy atom. The standard InChI is InChI=1S/C23H30N6O2/c1-6-31-22(30)28-13-11-27(12-14-28)19-15-16(2)24-21-25-20(26-29(19)21)17-7-9-18(10-8-17)23(3,4)5/h7-10,15H,6,11-14H2,1-5H3. The van der Waals surface area contributed by atoms with Crippen LogP contribution in [-0.4, -0.2) is 63.4 Å². The van der Waals surface area contributed by atoms with Crippen molar-refractivity contribution in [1.82, 2.24) is 24.5 Å². The Kier molecular flexibility index (Phi) is 5.56. The molecule has 0 bridgehead atoms. The van der Waals surface area contributed by atoms with Gasteiger partial charge in [-0.05, 0) is 24.8 Å². The van der Waals surface area contributed by atoms with Gasteiger partial charge in [-0.1, -0.05) is 45.0 Å². The Hall–Kier alpha value is -3.16. The Labute approximate surface area is 182 Å². The zero-order valence-electron chi connectivity index (χ0n) is 18.9. The first-order chi connectivity index (χ1) is 14.8. The molecule has 1 amide bonds. The predicted molar refractivity (Wildman–Crippen MR) is 120 cm³/mol. The largest absolute Gasteiger partial charge is 0.450 e. The highest BCUT2D eigenvalue weighted by atomic mass is 16.6. The summed E-state index contributed by atoms with van der Waals surface area (Å²) >= 11 is 0. The molecule has 1 fully saturated rings. The summed E-state index contributed by atoms with van der Waals surface area (Å²) in [5, 5.41) is 4.77. The molecule has 3 aromatic rings. The van der Waals surface area contributed by atoms with Crippen molar-refractivity contribution in [3.05, 3.63) is 41.6 Å². The van der Waals surface area contributed by atoms with Crippen LogP contribution < -0.4 is 4.90 Å². The smallest absolute Gasteiger partial charge is 0.409 e. The van der Waals surface area contributed by atoms with Crippen LogP contribution in [0.1, 0.15) is 39.0 Å². The van der Waals surface area contributed by atoms with E-state index in [1.165, 1.54) is 5.56 Å². The van der Waals surface area contributed by atoms with Gasteiger partial charge in [-0.2, -0.15) is 9.50 Å². The SMILES string of the molecule is CCOC(=O)N1CCN(c2cc(C)nc3nc(-c4ccc(C(C)(C)C)cc4)nn23)CC1. The number of aryl methyl sites for hydroxylation is 1. The molecule has 1 aliphatic rings. The molecule has 0 aliphatic carbocycles. The molecule has 3 heterocycles. The number of hydrogen-bond acceptors (Lipinski definition) is 6. The van der Waals surface area contributed by atoms with Crippen LogP contribution in [0.3, 0.4) is 0 Å². The minimum Gasteiger partial charge on any atom is -0.450 e. The van der Waals surface area contributed by atoms with E-state index >= 15 is 0 Å². The average Bonchev–Trinajstić information content (AvgIpc) is 3.17. The van der Waals surface area contributed by atoms with E-state index in [-0.39, 0.29) is 11.5 Å². The molecule has 0 spiro atoms. The third kappa shape index (κ3) is 4.33. The van der Waals surface area contributed by atoms with Crippen molar-refractivity contribution >= 4 is 17.7 Å². The monoisotopic (exact) mass is 422 g/mol. The lowest BCUT2D eigenvalue weighted by Crippen LogP contribution is -2.49. The highest BCUT2D eigenvalue weighted by Gasteiger charge is 2.24. The molecular formula is C23H30N6O2. The molecule has 0 N–H and O–H groups in total. The molecule has 0 atom stereocenters. The van der Waals surface area contributed by atoms with Crippen molar-refractivity contribution in [3.8, 4) is 11.4 Å². The van der Waals surface area contributed by atoms with Crippen molar-refractivity contribution in [2.75, 3.05) is 37.7 Å². The van der Waals surface area contributed by atoms with E-state index in [9.17, 15) is 4.79 Å². The van der Waals surface area contributed by atoms with Crippen LogP contribution in [-0.2, 0) is 10.2 Å². The summed E-state index contributed by atoms with van der Waals surface area (Å²) in [6.07, 6.45) is -0.250. The highest BCUT2D eigenvalue weighted by Crippen LogP contribution is 2.26. The number of rotatable bonds is 3. The summed E-state index contributed by atoms with van der Waals surface area (Å²) in [6, 6.07) is 10.4. The lowest BCUT2D eigenvalue weighted by molar-refractivity contribution is 0.105. The molecule has 8 nitrogen and oxygen atoms in total. The summed E-state index contributed by atoms with van der Waals surface area (Å²) in [4.78, 5) is 25.2. The van der Waals surface area contributed by atoms with E-state index in [0.717, 1.165) is 17.1 Å². The van der Waals surface area contributed by atoms with Gasteiger partial charge in [0.05, 0.1) is 6.61 Å². The first-order valence-corrected chi connectivity index (χ1v) is 10.8. The van der Waals surface area contributed by atoms with Gasteiger partial charge in [0.25, 0.3) is 5.78 Å². The Morgan fingerprint density at radius 2 is 1.74 bits per heavy atom. The van der Waals surface area contributed by atoms with Crippen LogP contribution in [0.2, 0.25) is 0 Å². The molecule has 0 radical (unpaired) electrons. The molecule has 1 aliphatic heterocycles. The molecule has 2 aromatic heterocycles. The fourth-order valence-corrected chi connectivity index (χ4v) is 3.77. The van der Waals surface area contributed by atoms with Crippen LogP contribution in [0.15, 0.2) is 30.3 Å². The highest BCUT2D eigenvalue weighted by molar-refractivity contribution is 5.68. The van der Waals surface area contributed by atoms with Crippen LogP contribution in [0.4, 0.5) is 10.6 Å². The molecule has 31 heavy (non-hydrogen) atoms. The summed E-state index contributed by atoms with van der Waals surface area (Å²) in [7, 11) is 0. The number of ether oxygens (including phenoxy) is 1. The van der Waals surface area contributed by atoms with Crippen molar-refractivity contribution in [2.45, 2.75) is 40.0 Å². The maximum atomic E-state index is 12.0. The van der Waals surface area contributed by atoms with Gasteiger partial charge in [0.15, 0.2) is 5.82 Å². The predicted octanol–water partition coefficient (Wildman–Crippen LogP) is 3.68. The third-order valence-electron chi connectivity index (χ3n) is 5.56. The van der Waals surface area contributed by atoms with Gasteiger partial charge < -0.3 is 14.5 Å². The molecule has 0 unspecified atom stereocenters. The summed E-state index contributed by atoms with van der Waals surface area (Å²) < 4.78 is 6.93. The van der Waals surface area contributed by atoms with Crippen molar-refractivity contribution in [2.24, 2.45) is 0 Å². The number of hydrogen-bond donors (Lipinski definition) is 0. The second kappa shape index (κ2) is 8.17. The number of aromatic nitrogens is 4. The Bertz CT molecular complexity index is 1080. The minimum atomic E-state index is -0.250. The zero-order valence-corrected chi connectivity index (χ0v) is 18.9. The van der Waals surface area contributed by atoms with Crippen LogP contribution in [0.5, 0.6) is 0 Å². The lowest BCUT2D eigenvalue weighted by Gasteiger charge is -2.35. The summed E-state index contributed by atoms with van der Waals surface area (Å²) in [5.41, 5.74) is 3.23. The fraction of sp³-hybridized carbons (Fsp3) is 0.478. The van der Waals surface area contributed by atoms with Crippen LogP contribution in [0.25, 0.3) is 17.2 Å². The molecule has 164 valence electrons. The van der Waals surface area contributed by atoms with Crippen molar-refractivity contribution in [3.63, 3.8) is 0 Å². The summed E-state index contributed by atoms with van der Waals surface area (Å²) in [5.74, 6) is 2.18. The number of benzene rings is 1. The molecule has 0 saturated carbocycles. The van der Waals surface area contributed by atoms with Gasteiger partial charge in [-0.3, -0.25) is 0 Å². The normalized spacial score (nSPS) is 14.9. The first kappa shape index (κ1) is 21.1. The quantitative estimate of drug-likeness (QED) is 0.641. The van der Waals surface area contributed by atoms with E-state index in [1.807, 2.05) is 19.9 Å². The first-order valence-electron chi connectivity index (χ1n) is 10.8. The molecule has 1 saturated heterocycles. The van der Waals surface area contributed by atoms with Gasteiger partial charge in [0, 0.05) is 43.5 Å². The Balaban J connectivity index is 1.61. The number of fused-ring (bicyclic) bond motifs is 1. The average molecular weight is 423 g/mol. The Morgan fingerprint density at radius 1 is 1.06 bits per heavy atom. The number of carbonyl (C=O) groups excluding carboxylic acids is 1. The number of carbonyl (C=O) groups is 1. The summed E-state index contributed by atoms with van der Waals surface area (Å²) in [6.45, 7) is 13.4. The number of piperazine rings is 1. The van der Waals surface area contributed by atoms with Gasteiger partial charge in [0.1, 0.15) is 5.82 Å². The number of amides is 1. The van der Waals surface area contributed by atoms with Crippen LogP contribution >= 0.6 is 0 Å². The molecule has 1 aromatic carbocycles. The lowest BCUT2D eigenvalue weighted by atomic mass is 9.87. The van der Waals surface area contributed by atoms with Crippen LogP contribution in [0, 0.1) is 6.92 Å². The second-order valence-electron chi connectivity index (χ2n) is 8.90. The zero-order chi connectivity index (χ0) is 22.2. The van der Waals surface area contributed by atoms with E-state index in [0.29, 0.717) is 44.4 Å². The van der Waals surface area contributed by atoms with E-state index < -0.39 is 0 Å². The number of anilines is 1. The van der Waals surface area contributed by atoms with Gasteiger partial charge in [-0.15, -0.1) is 5.10 Å². The van der Waals surface area contributed by atoms with E-state index in [4.69, 9.17) is 9.84 Å². The van der Waals surface area contributed by atoms with Crippen molar-refractivity contribution < 1.29 is 9.53 Å². The van der Waals surface area contributed by atoms with Gasteiger partial charge in [-0.25, -0.2) is 9.78 Å². The van der Waals surface area contributed by atoms with E-state index in [2.05, 4.69) is 59.9 Å². The maximum Gasteiger partial charge on any atom is 0.409 e. The van der Waals surface area contributed by atoms with Gasteiger partial charge >= 0.3 is 6.09 Å². The van der Waals surface area contributed by atoms with Crippen molar-refractivity contribution in [1.29, 1.82) is 0 Å². The van der Waals surface area contributed by atoms with E-state index in [1.54, 1.807) is 9.42 Å². The van der Waals surface area contributed by atoms with Gasteiger partial charge in [0.2, 0.25) is 0 Å². The maximum absolute atomic E-state index is 12.0. The second-order valence-corrected chi connectivity index (χ2v) is 8.90. The molecule has 8 heteroatoms. The third-order valence-corrected chi connectivity index (χ3v) is 5.56. The molecule has 4 rings (SSSR count). The fourth-order valence-electron chi connectivity index (χ4n) is 3.77. The topological polar surface area (TPSA) is 75.9 Å². The number of nitrogens with zero attached hydrogens (tertiary/aromatic N) is 6. The minimum absolute atomic E-state index is 0.0996.